The van der Waals surface area contributed by atoms with E-state index in [2.05, 4.69) is 26.0 Å². The summed E-state index contributed by atoms with van der Waals surface area (Å²) < 4.78 is 40.2. The molecule has 0 bridgehead atoms. The van der Waals surface area contributed by atoms with Crippen LogP contribution in [0.1, 0.15) is 18.7 Å². The Hall–Kier alpha value is -1.76. The molecule has 7 heteroatoms. The van der Waals surface area contributed by atoms with E-state index in [9.17, 15) is 8.78 Å². The first kappa shape index (κ1) is 15.6. The summed E-state index contributed by atoms with van der Waals surface area (Å²) in [6, 6.07) is 8.20. The van der Waals surface area contributed by atoms with Crippen molar-refractivity contribution in [1.82, 2.24) is 0 Å². The van der Waals surface area contributed by atoms with Gasteiger partial charge in [0.05, 0.1) is 13.2 Å². The lowest BCUT2D eigenvalue weighted by molar-refractivity contribution is -0.0511. The van der Waals surface area contributed by atoms with Gasteiger partial charge in [-0.25, -0.2) is 0 Å². The summed E-state index contributed by atoms with van der Waals surface area (Å²) in [6.07, 6.45) is 0. The summed E-state index contributed by atoms with van der Waals surface area (Å²) in [6.45, 7) is -1.02. The minimum absolute atomic E-state index is 0.0228. The number of nitrogens with one attached hydrogen (secondary N) is 1. The Morgan fingerprint density at radius 3 is 2.52 bits per heavy atom. The van der Waals surface area contributed by atoms with Crippen molar-refractivity contribution in [2.75, 3.05) is 12.4 Å². The molecule has 1 unspecified atom stereocenters. The second-order valence-electron chi connectivity index (χ2n) is 4.25. The van der Waals surface area contributed by atoms with Crippen molar-refractivity contribution >= 4 is 21.6 Å². The van der Waals surface area contributed by atoms with Crippen molar-refractivity contribution in [1.29, 1.82) is 0 Å². The molecule has 0 fully saturated rings. The van der Waals surface area contributed by atoms with E-state index in [0.29, 0.717) is 16.1 Å². The molecule has 1 atom stereocenters. The zero-order valence-corrected chi connectivity index (χ0v) is 13.0. The molecule has 0 saturated heterocycles. The lowest BCUT2D eigenvalue weighted by atomic mass is 10.2. The topological polar surface area (TPSA) is 43.6 Å². The normalized spacial score (nSPS) is 12.3. The highest BCUT2D eigenvalue weighted by Crippen LogP contribution is 2.33. The van der Waals surface area contributed by atoms with Gasteiger partial charge in [0.25, 0.3) is 0 Å². The Labute approximate surface area is 129 Å². The number of rotatable bonds is 6. The summed E-state index contributed by atoms with van der Waals surface area (Å²) in [4.78, 5) is 0. The Kier molecular flexibility index (Phi) is 5.06. The number of alkyl halides is 2. The molecular weight excluding hydrogens is 348 g/mol. The van der Waals surface area contributed by atoms with Gasteiger partial charge >= 0.3 is 6.61 Å². The maximum atomic E-state index is 12.4. The molecule has 0 aliphatic heterocycles. The van der Waals surface area contributed by atoms with Gasteiger partial charge in [-0.15, -0.1) is 0 Å². The standard InChI is InChI=1S/C14H14BrF2NO3/c1-8(10-5-6-13(15)20-10)18-9-3-4-11(19-2)12(7-9)21-14(16)17/h3-8,14,18H,1-2H3. The zero-order valence-electron chi connectivity index (χ0n) is 11.4. The highest BCUT2D eigenvalue weighted by atomic mass is 79.9. The summed E-state index contributed by atoms with van der Waals surface area (Å²) >= 11 is 3.23. The fraction of sp³-hybridized carbons (Fsp3) is 0.286. The van der Waals surface area contributed by atoms with Crippen LogP contribution in [0.15, 0.2) is 39.4 Å². The van der Waals surface area contributed by atoms with Crippen molar-refractivity contribution in [3.63, 3.8) is 0 Å². The average molecular weight is 362 g/mol. The Bertz CT molecular complexity index is 604. The summed E-state index contributed by atoms with van der Waals surface area (Å²) in [5.41, 5.74) is 0.617. The molecule has 0 aliphatic rings. The maximum Gasteiger partial charge on any atom is 0.387 e. The van der Waals surface area contributed by atoms with Crippen molar-refractivity contribution in [3.8, 4) is 11.5 Å². The van der Waals surface area contributed by atoms with E-state index in [-0.39, 0.29) is 17.5 Å². The lowest BCUT2D eigenvalue weighted by Crippen LogP contribution is -2.07. The third kappa shape index (κ3) is 4.10. The first-order valence-electron chi connectivity index (χ1n) is 6.14. The van der Waals surface area contributed by atoms with Gasteiger partial charge in [-0.1, -0.05) is 0 Å². The molecule has 0 amide bonds. The van der Waals surface area contributed by atoms with Gasteiger partial charge in [-0.2, -0.15) is 8.78 Å². The van der Waals surface area contributed by atoms with Crippen LogP contribution in [0.25, 0.3) is 0 Å². The van der Waals surface area contributed by atoms with Gasteiger partial charge in [0.15, 0.2) is 16.2 Å². The van der Waals surface area contributed by atoms with Gasteiger partial charge in [-0.3, -0.25) is 0 Å². The van der Waals surface area contributed by atoms with Crippen LogP contribution >= 0.6 is 15.9 Å². The van der Waals surface area contributed by atoms with E-state index in [0.717, 1.165) is 0 Å². The van der Waals surface area contributed by atoms with Crippen LogP contribution in [0, 0.1) is 0 Å². The molecular formula is C14H14BrF2NO3. The molecule has 1 aromatic heterocycles. The highest BCUT2D eigenvalue weighted by Gasteiger charge is 2.14. The first-order chi connectivity index (χ1) is 9.99. The van der Waals surface area contributed by atoms with Crippen LogP contribution in [-0.2, 0) is 0 Å². The van der Waals surface area contributed by atoms with Crippen molar-refractivity contribution in [2.24, 2.45) is 0 Å². The van der Waals surface area contributed by atoms with Crippen LogP contribution in [0.2, 0.25) is 0 Å². The fourth-order valence-corrected chi connectivity index (χ4v) is 2.16. The highest BCUT2D eigenvalue weighted by molar-refractivity contribution is 9.10. The van der Waals surface area contributed by atoms with Gasteiger partial charge in [0.2, 0.25) is 0 Å². The average Bonchev–Trinajstić information content (AvgIpc) is 2.85. The second kappa shape index (κ2) is 6.80. The molecule has 0 aliphatic carbocycles. The molecule has 0 saturated carbocycles. The molecule has 2 aromatic rings. The van der Waals surface area contributed by atoms with E-state index in [4.69, 9.17) is 9.15 Å². The van der Waals surface area contributed by atoms with Crippen LogP contribution in [-0.4, -0.2) is 13.7 Å². The number of hydrogen-bond acceptors (Lipinski definition) is 4. The van der Waals surface area contributed by atoms with E-state index in [1.165, 1.54) is 13.2 Å². The quantitative estimate of drug-likeness (QED) is 0.800. The minimum Gasteiger partial charge on any atom is -0.493 e. The molecule has 114 valence electrons. The molecule has 1 aromatic carbocycles. The second-order valence-corrected chi connectivity index (χ2v) is 5.03. The van der Waals surface area contributed by atoms with Crippen LogP contribution < -0.4 is 14.8 Å². The number of halogens is 3. The van der Waals surface area contributed by atoms with Gasteiger partial charge in [0.1, 0.15) is 5.76 Å². The van der Waals surface area contributed by atoms with Crippen molar-refractivity contribution in [2.45, 2.75) is 19.6 Å². The monoisotopic (exact) mass is 361 g/mol. The number of methoxy groups -OCH3 is 1. The summed E-state index contributed by atoms with van der Waals surface area (Å²) in [7, 11) is 1.39. The minimum atomic E-state index is -2.91. The van der Waals surface area contributed by atoms with Gasteiger partial charge in [-0.05, 0) is 47.1 Å². The molecule has 0 spiro atoms. The van der Waals surface area contributed by atoms with E-state index in [1.54, 1.807) is 18.2 Å². The molecule has 1 N–H and O–H groups in total. The first-order valence-corrected chi connectivity index (χ1v) is 6.93. The van der Waals surface area contributed by atoms with Crippen LogP contribution in [0.3, 0.4) is 0 Å². The van der Waals surface area contributed by atoms with Gasteiger partial charge < -0.3 is 19.2 Å². The van der Waals surface area contributed by atoms with E-state index < -0.39 is 6.61 Å². The van der Waals surface area contributed by atoms with Crippen LogP contribution in [0.5, 0.6) is 11.5 Å². The van der Waals surface area contributed by atoms with E-state index in [1.807, 2.05) is 13.0 Å². The summed E-state index contributed by atoms with van der Waals surface area (Å²) in [5, 5.41) is 3.14. The molecule has 2 rings (SSSR count). The molecule has 4 nitrogen and oxygen atoms in total. The van der Waals surface area contributed by atoms with Crippen LogP contribution in [0.4, 0.5) is 14.5 Å². The number of furan rings is 1. The smallest absolute Gasteiger partial charge is 0.387 e. The molecule has 21 heavy (non-hydrogen) atoms. The number of hydrogen-bond donors (Lipinski definition) is 1. The van der Waals surface area contributed by atoms with Crippen molar-refractivity contribution < 1.29 is 22.7 Å². The number of ether oxygens (including phenoxy) is 2. The summed E-state index contributed by atoms with van der Waals surface area (Å²) in [5.74, 6) is 0.939. The fourth-order valence-electron chi connectivity index (χ4n) is 1.84. The zero-order chi connectivity index (χ0) is 15.4. The number of anilines is 1. The van der Waals surface area contributed by atoms with Gasteiger partial charge in [0, 0.05) is 11.8 Å². The maximum absolute atomic E-state index is 12.4. The predicted octanol–water partition coefficient (Wildman–Crippen LogP) is 4.83. The Balaban J connectivity index is 2.16. The molecule has 1 heterocycles. The van der Waals surface area contributed by atoms with E-state index >= 15 is 0 Å². The third-order valence-corrected chi connectivity index (χ3v) is 3.21. The number of benzene rings is 1. The third-order valence-electron chi connectivity index (χ3n) is 2.78. The van der Waals surface area contributed by atoms with Crippen molar-refractivity contribution in [3.05, 3.63) is 40.8 Å². The lowest BCUT2D eigenvalue weighted by Gasteiger charge is -2.15. The SMILES string of the molecule is COc1ccc(NC(C)c2ccc(Br)o2)cc1OC(F)F. The molecule has 0 radical (unpaired) electrons. The Morgan fingerprint density at radius 1 is 1.19 bits per heavy atom. The Morgan fingerprint density at radius 2 is 1.95 bits per heavy atom. The largest absolute Gasteiger partial charge is 0.493 e. The predicted molar refractivity (Wildman–Crippen MR) is 78.1 cm³/mol.